The molecular weight excluding hydrogens is 260 g/mol. The van der Waals surface area contributed by atoms with Crippen LogP contribution in [0.25, 0.3) is 0 Å². The minimum atomic E-state index is -0.294. The highest BCUT2D eigenvalue weighted by Crippen LogP contribution is 2.15. The molecule has 0 aliphatic carbocycles. The molecule has 1 atom stereocenters. The minimum Gasteiger partial charge on any atom is -0.374 e. The zero-order chi connectivity index (χ0) is 15.2. The Morgan fingerprint density at radius 3 is 2.38 bits per heavy atom. The van der Waals surface area contributed by atoms with Crippen LogP contribution < -0.4 is 10.6 Å². The van der Waals surface area contributed by atoms with Crippen molar-refractivity contribution in [1.29, 1.82) is 0 Å². The fraction of sp³-hybridized carbons (Fsp3) is 0.278. The number of hydrogen-bond donors (Lipinski definition) is 2. The Bertz CT molecular complexity index is 605. The molecule has 2 aromatic carbocycles. The van der Waals surface area contributed by atoms with Crippen LogP contribution in [0.5, 0.6) is 0 Å². The molecule has 0 bridgehead atoms. The van der Waals surface area contributed by atoms with Crippen LogP contribution >= 0.6 is 0 Å². The quantitative estimate of drug-likeness (QED) is 0.870. The first-order valence-corrected chi connectivity index (χ1v) is 7.32. The Balaban J connectivity index is 1.97. The highest BCUT2D eigenvalue weighted by Gasteiger charge is 2.13. The Morgan fingerprint density at radius 2 is 1.76 bits per heavy atom. The second-order valence-electron chi connectivity index (χ2n) is 5.22. The zero-order valence-corrected chi connectivity index (χ0v) is 12.8. The summed E-state index contributed by atoms with van der Waals surface area (Å²) in [5, 5.41) is 6.17. The molecule has 0 aromatic heterocycles. The molecule has 2 rings (SSSR count). The molecule has 3 heteroatoms. The first-order valence-electron chi connectivity index (χ1n) is 7.32. The SMILES string of the molecule is CCc1ccc(NC(C)C(=O)Nc2ccccc2C)cc1. The Kier molecular flexibility index (Phi) is 4.99. The average molecular weight is 282 g/mol. The predicted octanol–water partition coefficient (Wildman–Crippen LogP) is 4.00. The van der Waals surface area contributed by atoms with Crippen molar-refractivity contribution in [2.24, 2.45) is 0 Å². The molecule has 0 aliphatic heterocycles. The third-order valence-corrected chi connectivity index (χ3v) is 3.54. The molecule has 110 valence electrons. The lowest BCUT2D eigenvalue weighted by Crippen LogP contribution is -2.32. The van der Waals surface area contributed by atoms with E-state index in [0.717, 1.165) is 23.4 Å². The normalized spacial score (nSPS) is 11.8. The van der Waals surface area contributed by atoms with Crippen molar-refractivity contribution >= 4 is 17.3 Å². The number of para-hydroxylation sites is 1. The highest BCUT2D eigenvalue weighted by molar-refractivity contribution is 5.96. The van der Waals surface area contributed by atoms with E-state index in [4.69, 9.17) is 0 Å². The van der Waals surface area contributed by atoms with E-state index in [1.807, 2.05) is 50.2 Å². The van der Waals surface area contributed by atoms with Crippen molar-refractivity contribution in [2.45, 2.75) is 33.2 Å². The van der Waals surface area contributed by atoms with Gasteiger partial charge in [0.05, 0.1) is 0 Å². The zero-order valence-electron chi connectivity index (χ0n) is 12.8. The van der Waals surface area contributed by atoms with Crippen molar-refractivity contribution in [2.75, 3.05) is 10.6 Å². The molecule has 0 saturated heterocycles. The van der Waals surface area contributed by atoms with Gasteiger partial charge in [-0.25, -0.2) is 0 Å². The van der Waals surface area contributed by atoms with E-state index in [1.54, 1.807) is 0 Å². The largest absolute Gasteiger partial charge is 0.374 e. The van der Waals surface area contributed by atoms with Gasteiger partial charge in [0.1, 0.15) is 6.04 Å². The van der Waals surface area contributed by atoms with Gasteiger partial charge in [-0.1, -0.05) is 37.3 Å². The maximum atomic E-state index is 12.2. The molecule has 3 nitrogen and oxygen atoms in total. The van der Waals surface area contributed by atoms with Crippen molar-refractivity contribution in [1.82, 2.24) is 0 Å². The van der Waals surface area contributed by atoms with Crippen molar-refractivity contribution in [3.05, 3.63) is 59.7 Å². The maximum absolute atomic E-state index is 12.2. The number of carbonyl (C=O) groups is 1. The van der Waals surface area contributed by atoms with E-state index in [1.165, 1.54) is 5.56 Å². The van der Waals surface area contributed by atoms with Crippen LogP contribution in [0, 0.1) is 6.92 Å². The van der Waals surface area contributed by atoms with Gasteiger partial charge in [0.15, 0.2) is 0 Å². The van der Waals surface area contributed by atoms with Gasteiger partial charge in [-0.15, -0.1) is 0 Å². The lowest BCUT2D eigenvalue weighted by atomic mass is 10.1. The molecule has 0 heterocycles. The van der Waals surface area contributed by atoms with Gasteiger partial charge in [-0.3, -0.25) is 4.79 Å². The van der Waals surface area contributed by atoms with Gasteiger partial charge in [-0.05, 0) is 49.6 Å². The molecule has 0 radical (unpaired) electrons. The highest BCUT2D eigenvalue weighted by atomic mass is 16.2. The topological polar surface area (TPSA) is 41.1 Å². The van der Waals surface area contributed by atoms with Gasteiger partial charge in [0.2, 0.25) is 5.91 Å². The summed E-state index contributed by atoms with van der Waals surface area (Å²) in [4.78, 5) is 12.2. The Labute approximate surface area is 126 Å². The lowest BCUT2D eigenvalue weighted by molar-refractivity contribution is -0.116. The molecule has 1 amide bonds. The van der Waals surface area contributed by atoms with Crippen LogP contribution in [-0.4, -0.2) is 11.9 Å². The smallest absolute Gasteiger partial charge is 0.246 e. The van der Waals surface area contributed by atoms with Gasteiger partial charge in [-0.2, -0.15) is 0 Å². The molecule has 0 aliphatic rings. The molecular formula is C18H22N2O. The summed E-state index contributed by atoms with van der Waals surface area (Å²) >= 11 is 0. The van der Waals surface area contributed by atoms with Gasteiger partial charge >= 0.3 is 0 Å². The Morgan fingerprint density at radius 1 is 1.10 bits per heavy atom. The number of aryl methyl sites for hydroxylation is 2. The number of benzene rings is 2. The summed E-state index contributed by atoms with van der Waals surface area (Å²) in [7, 11) is 0. The standard InChI is InChI=1S/C18H22N2O/c1-4-15-9-11-16(12-10-15)19-14(3)18(21)20-17-8-6-5-7-13(17)2/h5-12,14,19H,4H2,1-3H3,(H,20,21). The number of amides is 1. The summed E-state index contributed by atoms with van der Waals surface area (Å²) in [6.07, 6.45) is 1.02. The Hall–Kier alpha value is -2.29. The molecule has 0 spiro atoms. The third-order valence-electron chi connectivity index (χ3n) is 3.54. The molecule has 1 unspecified atom stereocenters. The minimum absolute atomic E-state index is 0.0381. The van der Waals surface area contributed by atoms with Crippen LogP contribution in [-0.2, 0) is 11.2 Å². The summed E-state index contributed by atoms with van der Waals surface area (Å²) < 4.78 is 0. The second-order valence-corrected chi connectivity index (χ2v) is 5.22. The molecule has 0 saturated carbocycles. The maximum Gasteiger partial charge on any atom is 0.246 e. The summed E-state index contributed by atoms with van der Waals surface area (Å²) in [5.74, 6) is -0.0381. The van der Waals surface area contributed by atoms with Crippen molar-refractivity contribution in [3.8, 4) is 0 Å². The molecule has 2 N–H and O–H groups in total. The third kappa shape index (κ3) is 4.09. The summed E-state index contributed by atoms with van der Waals surface area (Å²) in [5.41, 5.74) is 4.17. The molecule has 0 fully saturated rings. The van der Waals surface area contributed by atoms with E-state index in [-0.39, 0.29) is 11.9 Å². The fourth-order valence-corrected chi connectivity index (χ4v) is 2.11. The summed E-state index contributed by atoms with van der Waals surface area (Å²) in [6, 6.07) is 15.7. The van der Waals surface area contributed by atoms with Gasteiger partial charge in [0.25, 0.3) is 0 Å². The van der Waals surface area contributed by atoms with Crippen molar-refractivity contribution < 1.29 is 4.79 Å². The average Bonchev–Trinajstić information content (AvgIpc) is 2.50. The monoisotopic (exact) mass is 282 g/mol. The number of nitrogens with one attached hydrogen (secondary N) is 2. The van der Waals surface area contributed by atoms with E-state index in [9.17, 15) is 4.79 Å². The van der Waals surface area contributed by atoms with E-state index in [0.29, 0.717) is 0 Å². The lowest BCUT2D eigenvalue weighted by Gasteiger charge is -2.16. The number of rotatable bonds is 5. The predicted molar refractivity (Wildman–Crippen MR) is 88.7 cm³/mol. The number of carbonyl (C=O) groups excluding carboxylic acids is 1. The first-order chi connectivity index (χ1) is 10.1. The van der Waals surface area contributed by atoms with E-state index < -0.39 is 0 Å². The van der Waals surface area contributed by atoms with Crippen LogP contribution in [0.15, 0.2) is 48.5 Å². The summed E-state index contributed by atoms with van der Waals surface area (Å²) in [6.45, 7) is 5.97. The van der Waals surface area contributed by atoms with E-state index >= 15 is 0 Å². The van der Waals surface area contributed by atoms with Crippen LogP contribution in [0.1, 0.15) is 25.0 Å². The fourth-order valence-electron chi connectivity index (χ4n) is 2.11. The molecule has 2 aromatic rings. The molecule has 21 heavy (non-hydrogen) atoms. The van der Waals surface area contributed by atoms with Crippen LogP contribution in [0.2, 0.25) is 0 Å². The second kappa shape index (κ2) is 6.93. The number of hydrogen-bond acceptors (Lipinski definition) is 2. The van der Waals surface area contributed by atoms with Crippen LogP contribution in [0.3, 0.4) is 0 Å². The first kappa shape index (κ1) is 15.1. The van der Waals surface area contributed by atoms with Gasteiger partial charge in [0, 0.05) is 11.4 Å². The van der Waals surface area contributed by atoms with Crippen LogP contribution in [0.4, 0.5) is 11.4 Å². The van der Waals surface area contributed by atoms with E-state index in [2.05, 4.69) is 29.7 Å². The van der Waals surface area contributed by atoms with Crippen molar-refractivity contribution in [3.63, 3.8) is 0 Å². The van der Waals surface area contributed by atoms with Gasteiger partial charge < -0.3 is 10.6 Å². The number of anilines is 2.